The van der Waals surface area contributed by atoms with Gasteiger partial charge in [-0.2, -0.15) is 8.78 Å². The standard InChI is InChI=1S/C17H21F2NO3/c1-20(16(21)13-6-4-3-5-7-13)11-12-8-9-14(23-17(18)19)15(10-12)22-2/h3-4,8-10,13,17H,5-7,11H2,1-2H3. The topological polar surface area (TPSA) is 38.8 Å². The number of amides is 1. The fourth-order valence-corrected chi connectivity index (χ4v) is 2.69. The molecule has 0 heterocycles. The number of benzene rings is 1. The van der Waals surface area contributed by atoms with Crippen molar-refractivity contribution >= 4 is 5.91 Å². The highest BCUT2D eigenvalue weighted by atomic mass is 19.3. The first-order chi connectivity index (χ1) is 11.0. The van der Waals surface area contributed by atoms with Crippen LogP contribution in [0.25, 0.3) is 0 Å². The van der Waals surface area contributed by atoms with Crippen molar-refractivity contribution < 1.29 is 23.0 Å². The molecular formula is C17H21F2NO3. The van der Waals surface area contributed by atoms with Gasteiger partial charge in [-0.3, -0.25) is 4.79 Å². The number of alkyl halides is 2. The van der Waals surface area contributed by atoms with Gasteiger partial charge in [-0.15, -0.1) is 0 Å². The van der Waals surface area contributed by atoms with Crippen LogP contribution < -0.4 is 9.47 Å². The van der Waals surface area contributed by atoms with E-state index >= 15 is 0 Å². The molecule has 1 aromatic carbocycles. The number of hydrogen-bond donors (Lipinski definition) is 0. The molecule has 0 saturated heterocycles. The minimum absolute atomic E-state index is 0.0161. The fraction of sp³-hybridized carbons (Fsp3) is 0.471. The van der Waals surface area contributed by atoms with Gasteiger partial charge in [0, 0.05) is 19.5 Å². The number of rotatable bonds is 6. The summed E-state index contributed by atoms with van der Waals surface area (Å²) in [5.74, 6) is 0.330. The Labute approximate surface area is 134 Å². The molecular weight excluding hydrogens is 304 g/mol. The van der Waals surface area contributed by atoms with Crippen molar-refractivity contribution in [2.45, 2.75) is 32.4 Å². The molecule has 23 heavy (non-hydrogen) atoms. The normalized spacial score (nSPS) is 17.2. The van der Waals surface area contributed by atoms with Gasteiger partial charge < -0.3 is 14.4 Å². The number of halogens is 2. The number of carbonyl (C=O) groups is 1. The van der Waals surface area contributed by atoms with Gasteiger partial charge in [0.15, 0.2) is 11.5 Å². The Morgan fingerprint density at radius 2 is 2.13 bits per heavy atom. The molecule has 0 aliphatic heterocycles. The summed E-state index contributed by atoms with van der Waals surface area (Å²) in [7, 11) is 3.14. The molecule has 0 fully saturated rings. The van der Waals surface area contributed by atoms with Gasteiger partial charge in [0.1, 0.15) is 0 Å². The summed E-state index contributed by atoms with van der Waals surface area (Å²) in [6, 6.07) is 4.70. The average Bonchev–Trinajstić information content (AvgIpc) is 2.55. The van der Waals surface area contributed by atoms with Gasteiger partial charge in [-0.25, -0.2) is 0 Å². The van der Waals surface area contributed by atoms with Gasteiger partial charge in [0.05, 0.1) is 7.11 Å². The van der Waals surface area contributed by atoms with E-state index in [1.165, 1.54) is 13.2 Å². The van der Waals surface area contributed by atoms with E-state index in [9.17, 15) is 13.6 Å². The third-order valence-electron chi connectivity index (χ3n) is 3.86. The van der Waals surface area contributed by atoms with Crippen molar-refractivity contribution in [2.75, 3.05) is 14.2 Å². The maximum atomic E-state index is 12.4. The van der Waals surface area contributed by atoms with Crippen LogP contribution >= 0.6 is 0 Å². The Bertz CT molecular complexity index is 575. The van der Waals surface area contributed by atoms with Crippen molar-refractivity contribution in [1.29, 1.82) is 0 Å². The first-order valence-electron chi connectivity index (χ1n) is 7.53. The van der Waals surface area contributed by atoms with E-state index in [1.54, 1.807) is 24.1 Å². The molecule has 0 radical (unpaired) electrons. The highest BCUT2D eigenvalue weighted by Gasteiger charge is 2.22. The van der Waals surface area contributed by atoms with E-state index in [0.717, 1.165) is 24.8 Å². The lowest BCUT2D eigenvalue weighted by atomic mass is 9.93. The Hall–Kier alpha value is -2.11. The monoisotopic (exact) mass is 325 g/mol. The minimum atomic E-state index is -2.90. The molecule has 4 nitrogen and oxygen atoms in total. The lowest BCUT2D eigenvalue weighted by Crippen LogP contribution is -2.32. The zero-order valence-electron chi connectivity index (χ0n) is 13.3. The Morgan fingerprint density at radius 3 is 2.74 bits per heavy atom. The van der Waals surface area contributed by atoms with Crippen molar-refractivity contribution in [3.63, 3.8) is 0 Å². The molecule has 1 amide bonds. The lowest BCUT2D eigenvalue weighted by Gasteiger charge is -2.24. The van der Waals surface area contributed by atoms with Crippen LogP contribution in [0.5, 0.6) is 11.5 Å². The number of carbonyl (C=O) groups excluding carboxylic acids is 1. The predicted molar refractivity (Wildman–Crippen MR) is 82.6 cm³/mol. The summed E-state index contributed by atoms with van der Waals surface area (Å²) in [6.45, 7) is -2.51. The first kappa shape index (κ1) is 17.2. The molecule has 126 valence electrons. The van der Waals surface area contributed by atoms with Crippen molar-refractivity contribution in [3.05, 3.63) is 35.9 Å². The van der Waals surface area contributed by atoms with Gasteiger partial charge >= 0.3 is 6.61 Å². The molecule has 2 rings (SSSR count). The number of allylic oxidation sites excluding steroid dienone is 2. The van der Waals surface area contributed by atoms with Crippen LogP contribution in [0.2, 0.25) is 0 Å². The highest BCUT2D eigenvalue weighted by molar-refractivity contribution is 5.79. The van der Waals surface area contributed by atoms with Crippen LogP contribution in [0.4, 0.5) is 8.78 Å². The van der Waals surface area contributed by atoms with Crippen LogP contribution in [0, 0.1) is 5.92 Å². The largest absolute Gasteiger partial charge is 0.493 e. The van der Waals surface area contributed by atoms with E-state index in [0.29, 0.717) is 6.54 Å². The molecule has 0 N–H and O–H groups in total. The van der Waals surface area contributed by atoms with Crippen LogP contribution in [0.1, 0.15) is 24.8 Å². The fourth-order valence-electron chi connectivity index (χ4n) is 2.69. The zero-order chi connectivity index (χ0) is 16.8. The minimum Gasteiger partial charge on any atom is -0.493 e. The lowest BCUT2D eigenvalue weighted by molar-refractivity contribution is -0.135. The van der Waals surface area contributed by atoms with E-state index < -0.39 is 6.61 Å². The van der Waals surface area contributed by atoms with Gasteiger partial charge in [0.2, 0.25) is 5.91 Å². The second kappa shape index (κ2) is 7.94. The number of hydrogen-bond acceptors (Lipinski definition) is 3. The molecule has 1 atom stereocenters. The van der Waals surface area contributed by atoms with Gasteiger partial charge in [0.25, 0.3) is 0 Å². The molecule has 1 aliphatic carbocycles. The second-order valence-corrected chi connectivity index (χ2v) is 5.54. The zero-order valence-corrected chi connectivity index (χ0v) is 13.3. The summed E-state index contributed by atoms with van der Waals surface area (Å²) in [6.07, 6.45) is 6.70. The summed E-state index contributed by atoms with van der Waals surface area (Å²) >= 11 is 0. The Morgan fingerprint density at radius 1 is 1.35 bits per heavy atom. The predicted octanol–water partition coefficient (Wildman–Crippen LogP) is 3.61. The van der Waals surface area contributed by atoms with E-state index in [-0.39, 0.29) is 23.3 Å². The average molecular weight is 325 g/mol. The Balaban J connectivity index is 2.04. The smallest absolute Gasteiger partial charge is 0.387 e. The summed E-state index contributed by atoms with van der Waals surface area (Å²) in [4.78, 5) is 14.1. The maximum absolute atomic E-state index is 12.4. The van der Waals surface area contributed by atoms with Crippen molar-refractivity contribution in [2.24, 2.45) is 5.92 Å². The number of methoxy groups -OCH3 is 1. The molecule has 0 aromatic heterocycles. The van der Waals surface area contributed by atoms with Crippen LogP contribution in [0.3, 0.4) is 0 Å². The van der Waals surface area contributed by atoms with Gasteiger partial charge in [-0.1, -0.05) is 18.2 Å². The van der Waals surface area contributed by atoms with E-state index in [2.05, 4.69) is 10.8 Å². The summed E-state index contributed by atoms with van der Waals surface area (Å²) in [5.41, 5.74) is 0.797. The third-order valence-corrected chi connectivity index (χ3v) is 3.86. The van der Waals surface area contributed by atoms with Crippen LogP contribution in [-0.2, 0) is 11.3 Å². The van der Waals surface area contributed by atoms with Crippen LogP contribution in [-0.4, -0.2) is 31.6 Å². The van der Waals surface area contributed by atoms with Crippen LogP contribution in [0.15, 0.2) is 30.4 Å². The molecule has 0 bridgehead atoms. The number of ether oxygens (including phenoxy) is 2. The quantitative estimate of drug-likeness (QED) is 0.750. The van der Waals surface area contributed by atoms with Crippen molar-refractivity contribution in [3.8, 4) is 11.5 Å². The van der Waals surface area contributed by atoms with E-state index in [1.807, 2.05) is 6.08 Å². The highest BCUT2D eigenvalue weighted by Crippen LogP contribution is 2.30. The molecule has 0 spiro atoms. The third kappa shape index (κ3) is 4.68. The second-order valence-electron chi connectivity index (χ2n) is 5.54. The Kier molecular flexibility index (Phi) is 5.96. The first-order valence-corrected chi connectivity index (χ1v) is 7.53. The number of nitrogens with zero attached hydrogens (tertiary/aromatic N) is 1. The van der Waals surface area contributed by atoms with Gasteiger partial charge in [-0.05, 0) is 37.0 Å². The molecule has 0 saturated carbocycles. The SMILES string of the molecule is COc1cc(CN(C)C(=O)C2CC=CCC2)ccc1OC(F)F. The molecule has 1 aromatic rings. The molecule has 1 aliphatic rings. The molecule has 1 unspecified atom stereocenters. The van der Waals surface area contributed by atoms with E-state index in [4.69, 9.17) is 4.74 Å². The summed E-state index contributed by atoms with van der Waals surface area (Å²) in [5, 5.41) is 0. The van der Waals surface area contributed by atoms with Crippen molar-refractivity contribution in [1.82, 2.24) is 4.90 Å². The molecule has 6 heteroatoms. The summed E-state index contributed by atoms with van der Waals surface area (Å²) < 4.78 is 34.1. The maximum Gasteiger partial charge on any atom is 0.387 e.